The van der Waals surface area contributed by atoms with Gasteiger partial charge in [0.05, 0.1) is 6.42 Å². The lowest BCUT2D eigenvalue weighted by molar-refractivity contribution is -0.274. The largest absolute Gasteiger partial charge is 0.573 e. The van der Waals surface area contributed by atoms with Gasteiger partial charge >= 0.3 is 6.36 Å². The van der Waals surface area contributed by atoms with Crippen LogP contribution in [0, 0.1) is 0 Å². The molecule has 3 aromatic rings. The average molecular weight is 433 g/mol. The van der Waals surface area contributed by atoms with Crippen LogP contribution in [-0.4, -0.2) is 22.7 Å². The number of primary amides is 1. The number of carbonyl (C=O) groups is 2. The maximum Gasteiger partial charge on any atom is 0.573 e. The molecule has 1 aromatic heterocycles. The summed E-state index contributed by atoms with van der Waals surface area (Å²) in [6.45, 7) is 1.51. The Balaban J connectivity index is 1.78. The number of nitrogens with one attached hydrogen (secondary N) is 1. The Hall–Kier alpha value is -3.82. The van der Waals surface area contributed by atoms with Crippen molar-refractivity contribution in [3.63, 3.8) is 0 Å². The minimum Gasteiger partial charge on any atom is -0.406 e. The van der Waals surface area contributed by atoms with Gasteiger partial charge in [0.1, 0.15) is 11.8 Å². The number of ether oxygens (including phenoxy) is 1. The molecule has 2 amide bonds. The number of aromatic nitrogens is 1. The number of alkyl halides is 3. The van der Waals surface area contributed by atoms with E-state index < -0.39 is 29.8 Å². The zero-order chi connectivity index (χ0) is 22.8. The second kappa shape index (κ2) is 8.50. The van der Waals surface area contributed by atoms with Crippen molar-refractivity contribution in [3.05, 3.63) is 70.6 Å². The third-order valence-electron chi connectivity index (χ3n) is 4.60. The highest BCUT2D eigenvalue weighted by Crippen LogP contribution is 2.24. The van der Waals surface area contributed by atoms with Crippen LogP contribution in [0.4, 0.5) is 18.9 Å². The molecular formula is C21H18F3N3O4. The molecule has 0 radical (unpaired) electrons. The number of hydrogen-bond donors (Lipinski definition) is 2. The van der Waals surface area contributed by atoms with E-state index in [0.717, 1.165) is 12.1 Å². The first-order valence-electron chi connectivity index (χ1n) is 9.13. The predicted octanol–water partition coefficient (Wildman–Crippen LogP) is 3.13. The van der Waals surface area contributed by atoms with E-state index in [2.05, 4.69) is 10.1 Å². The fraction of sp³-hybridized carbons (Fsp3) is 0.190. The summed E-state index contributed by atoms with van der Waals surface area (Å²) in [5.41, 5.74) is 5.70. The van der Waals surface area contributed by atoms with Crippen LogP contribution in [-0.2, 0) is 16.0 Å². The monoisotopic (exact) mass is 433 g/mol. The first kappa shape index (κ1) is 21.9. The summed E-state index contributed by atoms with van der Waals surface area (Å²) < 4.78 is 41.7. The molecule has 7 nitrogen and oxygen atoms in total. The molecular weight excluding hydrogens is 415 g/mol. The third kappa shape index (κ3) is 5.21. The number of hydrogen-bond acceptors (Lipinski definition) is 4. The topological polar surface area (TPSA) is 103 Å². The Morgan fingerprint density at radius 2 is 1.77 bits per heavy atom. The molecule has 0 aliphatic heterocycles. The third-order valence-corrected chi connectivity index (χ3v) is 4.60. The Labute approximate surface area is 174 Å². The van der Waals surface area contributed by atoms with Crippen LogP contribution < -0.4 is 21.3 Å². The molecule has 162 valence electrons. The summed E-state index contributed by atoms with van der Waals surface area (Å²) in [5, 5.41) is 3.46. The molecule has 0 spiro atoms. The molecule has 0 fully saturated rings. The van der Waals surface area contributed by atoms with E-state index in [1.165, 1.54) is 29.8 Å². The minimum atomic E-state index is -4.79. The Morgan fingerprint density at radius 1 is 1.10 bits per heavy atom. The van der Waals surface area contributed by atoms with Gasteiger partial charge in [0, 0.05) is 22.7 Å². The molecule has 0 saturated heterocycles. The van der Waals surface area contributed by atoms with Gasteiger partial charge in [0.25, 0.3) is 5.56 Å². The summed E-state index contributed by atoms with van der Waals surface area (Å²) in [7, 11) is 0. The van der Waals surface area contributed by atoms with Gasteiger partial charge in [-0.2, -0.15) is 0 Å². The Bertz CT molecular complexity index is 1190. The van der Waals surface area contributed by atoms with Gasteiger partial charge in [-0.15, -0.1) is 13.2 Å². The van der Waals surface area contributed by atoms with Crippen LogP contribution in [0.25, 0.3) is 10.8 Å². The molecule has 10 heteroatoms. The molecule has 0 bridgehead atoms. The summed E-state index contributed by atoms with van der Waals surface area (Å²) in [4.78, 5) is 36.5. The highest BCUT2D eigenvalue weighted by Gasteiger charge is 2.31. The second-order valence-electron chi connectivity index (χ2n) is 6.79. The molecule has 1 heterocycles. The smallest absolute Gasteiger partial charge is 0.406 e. The first-order chi connectivity index (χ1) is 14.5. The van der Waals surface area contributed by atoms with Gasteiger partial charge in [-0.05, 0) is 42.8 Å². The van der Waals surface area contributed by atoms with Crippen molar-refractivity contribution in [3.8, 4) is 5.75 Å². The Kier molecular flexibility index (Phi) is 6.00. The highest BCUT2D eigenvalue weighted by molar-refractivity contribution is 6.02. The van der Waals surface area contributed by atoms with Crippen molar-refractivity contribution >= 4 is 28.3 Å². The van der Waals surface area contributed by atoms with E-state index in [-0.39, 0.29) is 12.2 Å². The van der Waals surface area contributed by atoms with E-state index >= 15 is 0 Å². The normalized spacial score (nSPS) is 12.4. The molecule has 2 aromatic carbocycles. The molecule has 0 unspecified atom stereocenters. The molecule has 0 aliphatic carbocycles. The number of anilines is 1. The van der Waals surface area contributed by atoms with Crippen LogP contribution >= 0.6 is 0 Å². The predicted molar refractivity (Wildman–Crippen MR) is 108 cm³/mol. The molecule has 0 aliphatic rings. The molecule has 3 rings (SSSR count). The summed E-state index contributed by atoms with van der Waals surface area (Å²) in [6, 6.07) is 10.5. The lowest BCUT2D eigenvalue weighted by atomic mass is 10.1. The van der Waals surface area contributed by atoms with Gasteiger partial charge < -0.3 is 20.4 Å². The van der Waals surface area contributed by atoms with E-state index in [0.29, 0.717) is 22.0 Å². The van der Waals surface area contributed by atoms with Crippen LogP contribution in [0.1, 0.15) is 18.5 Å². The van der Waals surface area contributed by atoms with E-state index in [1.807, 2.05) is 0 Å². The number of pyridine rings is 1. The summed E-state index contributed by atoms with van der Waals surface area (Å²) in [5.74, 6) is -1.46. The maximum atomic E-state index is 12.7. The number of fused-ring (bicyclic) bond motifs is 1. The zero-order valence-corrected chi connectivity index (χ0v) is 16.3. The van der Waals surface area contributed by atoms with Crippen molar-refractivity contribution in [1.29, 1.82) is 0 Å². The number of amides is 2. The lowest BCUT2D eigenvalue weighted by Crippen LogP contribution is -2.31. The van der Waals surface area contributed by atoms with E-state index in [9.17, 15) is 27.6 Å². The van der Waals surface area contributed by atoms with E-state index in [1.54, 1.807) is 24.3 Å². The fourth-order valence-corrected chi connectivity index (χ4v) is 3.03. The second-order valence-corrected chi connectivity index (χ2v) is 6.79. The molecule has 1 atom stereocenters. The van der Waals surface area contributed by atoms with Gasteiger partial charge in [0.15, 0.2) is 0 Å². The average Bonchev–Trinajstić information content (AvgIpc) is 2.68. The van der Waals surface area contributed by atoms with E-state index in [4.69, 9.17) is 5.73 Å². The van der Waals surface area contributed by atoms with Crippen molar-refractivity contribution < 1.29 is 27.5 Å². The number of rotatable bonds is 6. The van der Waals surface area contributed by atoms with Crippen LogP contribution in [0.5, 0.6) is 5.75 Å². The minimum absolute atomic E-state index is 0.0987. The quantitative estimate of drug-likeness (QED) is 0.623. The molecule has 31 heavy (non-hydrogen) atoms. The zero-order valence-electron chi connectivity index (χ0n) is 16.3. The van der Waals surface area contributed by atoms with Gasteiger partial charge in [-0.3, -0.25) is 14.4 Å². The van der Waals surface area contributed by atoms with Crippen molar-refractivity contribution in [2.45, 2.75) is 25.7 Å². The number of carbonyl (C=O) groups excluding carboxylic acids is 2. The lowest BCUT2D eigenvalue weighted by Gasteiger charge is -2.14. The standard InChI is InChI=1S/C21H18F3N3O4/c1-12(19(25)29)27-10-9-15-16(20(27)30)3-2-4-17(15)26-18(28)11-13-5-7-14(8-6-13)31-21(22,23)24/h2-10,12H,11H2,1H3,(H2,25,29)(H,26,28)/t12-/m1/s1. The SMILES string of the molecule is C[C@H](C(N)=O)n1ccc2c(NC(=O)Cc3ccc(OC(F)(F)F)cc3)cccc2c1=O. The van der Waals surface area contributed by atoms with Crippen LogP contribution in [0.15, 0.2) is 59.5 Å². The molecule has 3 N–H and O–H groups in total. The first-order valence-corrected chi connectivity index (χ1v) is 9.13. The Morgan fingerprint density at radius 3 is 2.39 bits per heavy atom. The van der Waals surface area contributed by atoms with Crippen molar-refractivity contribution in [2.75, 3.05) is 5.32 Å². The van der Waals surface area contributed by atoms with Crippen LogP contribution in [0.2, 0.25) is 0 Å². The summed E-state index contributed by atoms with van der Waals surface area (Å²) >= 11 is 0. The fourth-order valence-electron chi connectivity index (χ4n) is 3.03. The maximum absolute atomic E-state index is 12.7. The highest BCUT2D eigenvalue weighted by atomic mass is 19.4. The number of benzene rings is 2. The van der Waals surface area contributed by atoms with Gasteiger partial charge in [-0.1, -0.05) is 18.2 Å². The van der Waals surface area contributed by atoms with Gasteiger partial charge in [0.2, 0.25) is 11.8 Å². The number of nitrogens with zero attached hydrogens (tertiary/aromatic N) is 1. The molecule has 0 saturated carbocycles. The van der Waals surface area contributed by atoms with Crippen molar-refractivity contribution in [1.82, 2.24) is 4.57 Å². The van der Waals surface area contributed by atoms with Crippen LogP contribution in [0.3, 0.4) is 0 Å². The van der Waals surface area contributed by atoms with Crippen molar-refractivity contribution in [2.24, 2.45) is 5.73 Å². The number of nitrogens with two attached hydrogens (primary N) is 1. The summed E-state index contributed by atoms with van der Waals surface area (Å²) in [6.07, 6.45) is -3.46. The number of halogens is 3. The van der Waals surface area contributed by atoms with Gasteiger partial charge in [-0.25, -0.2) is 0 Å².